The van der Waals surface area contributed by atoms with Gasteiger partial charge in [-0.05, 0) is 50.2 Å². The Bertz CT molecular complexity index is 740. The third kappa shape index (κ3) is 4.05. The number of hydrogen-bond acceptors (Lipinski definition) is 3. The van der Waals surface area contributed by atoms with Crippen molar-refractivity contribution in [1.82, 2.24) is 15.5 Å². The van der Waals surface area contributed by atoms with Crippen LogP contribution in [0.3, 0.4) is 0 Å². The predicted octanol–water partition coefficient (Wildman–Crippen LogP) is 3.32. The number of rotatable bonds is 6. The molecule has 28 heavy (non-hydrogen) atoms. The molecule has 6 heteroatoms. The summed E-state index contributed by atoms with van der Waals surface area (Å²) in [6, 6.07) is 7.43. The van der Waals surface area contributed by atoms with Crippen molar-refractivity contribution < 1.29 is 14.4 Å². The van der Waals surface area contributed by atoms with Gasteiger partial charge in [0.25, 0.3) is 5.91 Å². The van der Waals surface area contributed by atoms with Crippen LogP contribution >= 0.6 is 0 Å². The van der Waals surface area contributed by atoms with Crippen LogP contribution in [0.25, 0.3) is 0 Å². The number of imide groups is 1. The number of benzene rings is 1. The molecule has 6 nitrogen and oxygen atoms in total. The van der Waals surface area contributed by atoms with Gasteiger partial charge in [0.15, 0.2) is 0 Å². The predicted molar refractivity (Wildman–Crippen MR) is 108 cm³/mol. The van der Waals surface area contributed by atoms with E-state index in [0.717, 1.165) is 42.6 Å². The van der Waals surface area contributed by atoms with Gasteiger partial charge in [-0.1, -0.05) is 50.5 Å². The molecule has 0 bridgehead atoms. The van der Waals surface area contributed by atoms with E-state index in [-0.39, 0.29) is 30.3 Å². The zero-order valence-electron chi connectivity index (χ0n) is 17.1. The molecule has 2 atom stereocenters. The summed E-state index contributed by atoms with van der Waals surface area (Å²) in [5.74, 6) is -0.468. The summed E-state index contributed by atoms with van der Waals surface area (Å²) in [7, 11) is 0. The Morgan fingerprint density at radius 1 is 1.21 bits per heavy atom. The van der Waals surface area contributed by atoms with Gasteiger partial charge < -0.3 is 10.6 Å². The third-order valence-corrected chi connectivity index (χ3v) is 6.29. The second-order valence-electron chi connectivity index (χ2n) is 8.24. The molecule has 0 spiro atoms. The first-order valence-corrected chi connectivity index (χ1v) is 10.4. The SMILES string of the molecule is CCc1ccc([C@@H](C)NC(=O)CN2C(=O)N[C@](C)(C3CCCCC3)C2=O)cc1. The number of hydrogen-bond donors (Lipinski definition) is 2. The van der Waals surface area contributed by atoms with Crippen molar-refractivity contribution in [3.05, 3.63) is 35.4 Å². The molecule has 1 aliphatic heterocycles. The minimum absolute atomic E-state index is 0.141. The Kier molecular flexibility index (Phi) is 6.06. The molecular weight excluding hydrogens is 354 g/mol. The molecule has 1 aromatic carbocycles. The van der Waals surface area contributed by atoms with E-state index < -0.39 is 11.6 Å². The fourth-order valence-electron chi connectivity index (χ4n) is 4.37. The van der Waals surface area contributed by atoms with Gasteiger partial charge in [0.1, 0.15) is 12.1 Å². The number of carbonyl (C=O) groups excluding carboxylic acids is 3. The molecule has 1 saturated heterocycles. The quantitative estimate of drug-likeness (QED) is 0.738. The van der Waals surface area contributed by atoms with Crippen LogP contribution in [0.15, 0.2) is 24.3 Å². The summed E-state index contributed by atoms with van der Waals surface area (Å²) in [6.07, 6.45) is 6.18. The van der Waals surface area contributed by atoms with Crippen molar-refractivity contribution in [3.63, 3.8) is 0 Å². The van der Waals surface area contributed by atoms with E-state index in [1.807, 2.05) is 31.2 Å². The van der Waals surface area contributed by atoms with E-state index in [1.165, 1.54) is 12.0 Å². The lowest BCUT2D eigenvalue weighted by atomic mass is 9.75. The monoisotopic (exact) mass is 385 g/mol. The highest BCUT2D eigenvalue weighted by molar-refractivity contribution is 6.09. The molecule has 0 aromatic heterocycles. The van der Waals surface area contributed by atoms with Crippen LogP contribution in [-0.4, -0.2) is 34.8 Å². The standard InChI is InChI=1S/C22H31N3O3/c1-4-16-10-12-17(13-11-16)15(2)23-19(26)14-25-20(27)22(3,24-21(25)28)18-8-6-5-7-9-18/h10-13,15,18H,4-9,14H2,1-3H3,(H,23,26)(H,24,28)/t15-,22-/m1/s1. The molecule has 0 radical (unpaired) electrons. The Morgan fingerprint density at radius 3 is 2.46 bits per heavy atom. The van der Waals surface area contributed by atoms with Gasteiger partial charge in [-0.3, -0.25) is 14.5 Å². The molecule has 0 unspecified atom stereocenters. The number of aryl methyl sites for hydroxylation is 1. The molecule has 1 aliphatic carbocycles. The second kappa shape index (κ2) is 8.33. The Labute approximate surface area is 167 Å². The van der Waals surface area contributed by atoms with Gasteiger partial charge in [-0.2, -0.15) is 0 Å². The normalized spacial score (nSPS) is 24.2. The van der Waals surface area contributed by atoms with Crippen molar-refractivity contribution in [3.8, 4) is 0 Å². The molecule has 2 fully saturated rings. The average molecular weight is 386 g/mol. The Morgan fingerprint density at radius 2 is 1.86 bits per heavy atom. The summed E-state index contributed by atoms with van der Waals surface area (Å²) < 4.78 is 0. The van der Waals surface area contributed by atoms with Crippen LogP contribution in [0.1, 0.15) is 70.0 Å². The van der Waals surface area contributed by atoms with Crippen LogP contribution in [0.5, 0.6) is 0 Å². The zero-order chi connectivity index (χ0) is 20.3. The molecule has 1 heterocycles. The molecule has 152 valence electrons. The summed E-state index contributed by atoms with van der Waals surface area (Å²) in [5.41, 5.74) is 1.35. The maximum Gasteiger partial charge on any atom is 0.325 e. The highest BCUT2D eigenvalue weighted by Crippen LogP contribution is 2.36. The average Bonchev–Trinajstić information content (AvgIpc) is 2.92. The van der Waals surface area contributed by atoms with Crippen LogP contribution in [0.4, 0.5) is 4.79 Å². The number of amides is 4. The van der Waals surface area contributed by atoms with E-state index in [2.05, 4.69) is 17.6 Å². The number of urea groups is 1. The minimum Gasteiger partial charge on any atom is -0.348 e. The fraction of sp³-hybridized carbons (Fsp3) is 0.591. The molecule has 1 aromatic rings. The van der Waals surface area contributed by atoms with Crippen LogP contribution in [-0.2, 0) is 16.0 Å². The Hall–Kier alpha value is -2.37. The van der Waals surface area contributed by atoms with Gasteiger partial charge in [-0.15, -0.1) is 0 Å². The van der Waals surface area contributed by atoms with Crippen molar-refractivity contribution in [1.29, 1.82) is 0 Å². The van der Waals surface area contributed by atoms with Crippen molar-refractivity contribution in [2.24, 2.45) is 5.92 Å². The lowest BCUT2D eigenvalue weighted by molar-refractivity contribution is -0.136. The molecular formula is C22H31N3O3. The van der Waals surface area contributed by atoms with Crippen molar-refractivity contribution in [2.75, 3.05) is 6.54 Å². The topological polar surface area (TPSA) is 78.5 Å². The molecule has 4 amide bonds. The van der Waals surface area contributed by atoms with Crippen LogP contribution in [0, 0.1) is 5.92 Å². The molecule has 2 N–H and O–H groups in total. The third-order valence-electron chi connectivity index (χ3n) is 6.29. The first kappa shape index (κ1) is 20.4. The maximum atomic E-state index is 13.0. The van der Waals surface area contributed by atoms with Crippen molar-refractivity contribution >= 4 is 17.8 Å². The van der Waals surface area contributed by atoms with E-state index in [9.17, 15) is 14.4 Å². The summed E-state index contributed by atoms with van der Waals surface area (Å²) >= 11 is 0. The smallest absolute Gasteiger partial charge is 0.325 e. The molecule has 3 rings (SSSR count). The van der Waals surface area contributed by atoms with E-state index in [4.69, 9.17) is 0 Å². The maximum absolute atomic E-state index is 13.0. The van der Waals surface area contributed by atoms with E-state index in [1.54, 1.807) is 6.92 Å². The number of nitrogens with zero attached hydrogens (tertiary/aromatic N) is 1. The van der Waals surface area contributed by atoms with Crippen LogP contribution in [0.2, 0.25) is 0 Å². The van der Waals surface area contributed by atoms with Gasteiger partial charge in [0.2, 0.25) is 5.91 Å². The highest BCUT2D eigenvalue weighted by atomic mass is 16.2. The first-order valence-electron chi connectivity index (χ1n) is 10.4. The van der Waals surface area contributed by atoms with Gasteiger partial charge in [-0.25, -0.2) is 4.79 Å². The van der Waals surface area contributed by atoms with Gasteiger partial charge >= 0.3 is 6.03 Å². The van der Waals surface area contributed by atoms with Crippen LogP contribution < -0.4 is 10.6 Å². The zero-order valence-corrected chi connectivity index (χ0v) is 17.1. The number of carbonyl (C=O) groups is 3. The van der Waals surface area contributed by atoms with E-state index in [0.29, 0.717) is 0 Å². The molecule has 2 aliphatic rings. The van der Waals surface area contributed by atoms with Crippen molar-refractivity contribution in [2.45, 2.75) is 70.9 Å². The Balaban J connectivity index is 1.61. The lowest BCUT2D eigenvalue weighted by Gasteiger charge is -2.34. The fourth-order valence-corrected chi connectivity index (χ4v) is 4.37. The largest absolute Gasteiger partial charge is 0.348 e. The number of nitrogens with one attached hydrogen (secondary N) is 2. The summed E-state index contributed by atoms with van der Waals surface area (Å²) in [6.45, 7) is 5.56. The summed E-state index contributed by atoms with van der Waals surface area (Å²) in [5, 5.41) is 5.76. The van der Waals surface area contributed by atoms with Gasteiger partial charge in [0.05, 0.1) is 6.04 Å². The first-order chi connectivity index (χ1) is 13.3. The lowest BCUT2D eigenvalue weighted by Crippen LogP contribution is -2.51. The highest BCUT2D eigenvalue weighted by Gasteiger charge is 2.52. The second-order valence-corrected chi connectivity index (χ2v) is 8.24. The van der Waals surface area contributed by atoms with Gasteiger partial charge in [0, 0.05) is 0 Å². The molecule has 1 saturated carbocycles. The minimum atomic E-state index is -0.890. The van der Waals surface area contributed by atoms with E-state index >= 15 is 0 Å². The summed E-state index contributed by atoms with van der Waals surface area (Å²) in [4.78, 5) is 38.9.